The summed E-state index contributed by atoms with van der Waals surface area (Å²) in [5.41, 5.74) is 3.31. The SMILES string of the molecule is COc1cc(F)c(F)cc1-c1ccc(OCc2cccc(CN3CCCCS3=O)c2)cc1.O=CO. The number of carboxylic acid groups (broad SMARTS) is 1. The molecule has 3 aromatic rings. The van der Waals surface area contributed by atoms with Gasteiger partial charge in [-0.3, -0.25) is 4.79 Å². The lowest BCUT2D eigenvalue weighted by Crippen LogP contribution is -2.32. The van der Waals surface area contributed by atoms with Crippen molar-refractivity contribution in [2.45, 2.75) is 26.0 Å². The Bertz CT molecular complexity index is 1160. The number of benzene rings is 3. The second-order valence-electron chi connectivity index (χ2n) is 7.80. The van der Waals surface area contributed by atoms with Crippen molar-refractivity contribution >= 4 is 17.5 Å². The molecular weight excluding hydrogens is 476 g/mol. The van der Waals surface area contributed by atoms with Gasteiger partial charge in [0, 0.05) is 30.5 Å². The van der Waals surface area contributed by atoms with Crippen molar-refractivity contribution in [3.8, 4) is 22.6 Å². The van der Waals surface area contributed by atoms with Gasteiger partial charge in [-0.25, -0.2) is 17.3 Å². The van der Waals surface area contributed by atoms with Crippen molar-refractivity contribution in [3.63, 3.8) is 0 Å². The fraction of sp³-hybridized carbons (Fsp3) is 0.269. The van der Waals surface area contributed by atoms with E-state index >= 15 is 0 Å². The second-order valence-corrected chi connectivity index (χ2v) is 9.37. The van der Waals surface area contributed by atoms with Crippen LogP contribution in [0.2, 0.25) is 0 Å². The summed E-state index contributed by atoms with van der Waals surface area (Å²) < 4.78 is 52.4. The molecule has 0 spiro atoms. The molecule has 3 aromatic carbocycles. The van der Waals surface area contributed by atoms with E-state index in [4.69, 9.17) is 19.4 Å². The molecule has 0 saturated carbocycles. The minimum atomic E-state index is -0.945. The summed E-state index contributed by atoms with van der Waals surface area (Å²) in [6, 6.07) is 17.4. The smallest absolute Gasteiger partial charge is 0.290 e. The van der Waals surface area contributed by atoms with Gasteiger partial charge in [0.1, 0.15) is 18.1 Å². The Morgan fingerprint density at radius 3 is 2.40 bits per heavy atom. The van der Waals surface area contributed by atoms with Gasteiger partial charge in [-0.15, -0.1) is 0 Å². The van der Waals surface area contributed by atoms with Gasteiger partial charge in [0.2, 0.25) is 0 Å². The van der Waals surface area contributed by atoms with Crippen LogP contribution in [0.3, 0.4) is 0 Å². The fourth-order valence-electron chi connectivity index (χ4n) is 3.74. The summed E-state index contributed by atoms with van der Waals surface area (Å²) in [4.78, 5) is 8.36. The first-order valence-electron chi connectivity index (χ1n) is 11.0. The maximum absolute atomic E-state index is 13.7. The van der Waals surface area contributed by atoms with E-state index in [1.165, 1.54) is 7.11 Å². The summed E-state index contributed by atoms with van der Waals surface area (Å²) in [5.74, 6) is -0.189. The predicted molar refractivity (Wildman–Crippen MR) is 130 cm³/mol. The molecule has 186 valence electrons. The molecule has 1 aliphatic heterocycles. The van der Waals surface area contributed by atoms with Gasteiger partial charge in [0.05, 0.1) is 18.1 Å². The summed E-state index contributed by atoms with van der Waals surface area (Å²) >= 11 is 0. The van der Waals surface area contributed by atoms with Crippen LogP contribution in [0.5, 0.6) is 11.5 Å². The Morgan fingerprint density at radius 2 is 1.71 bits per heavy atom. The van der Waals surface area contributed by atoms with E-state index in [-0.39, 0.29) is 12.2 Å². The molecule has 1 fully saturated rings. The number of ether oxygens (including phenoxy) is 2. The van der Waals surface area contributed by atoms with Gasteiger partial charge >= 0.3 is 0 Å². The van der Waals surface area contributed by atoms with Crippen LogP contribution < -0.4 is 9.47 Å². The van der Waals surface area contributed by atoms with E-state index in [0.29, 0.717) is 30.0 Å². The third-order valence-corrected chi connectivity index (χ3v) is 6.95. The summed E-state index contributed by atoms with van der Waals surface area (Å²) in [5, 5.41) is 6.89. The van der Waals surface area contributed by atoms with Gasteiger partial charge < -0.3 is 14.6 Å². The monoisotopic (exact) mass is 503 g/mol. The maximum atomic E-state index is 13.7. The van der Waals surface area contributed by atoms with Crippen LogP contribution in [0, 0.1) is 11.6 Å². The lowest BCUT2D eigenvalue weighted by molar-refractivity contribution is -0.122. The summed E-state index contributed by atoms with van der Waals surface area (Å²) in [7, 11) is 0.528. The van der Waals surface area contributed by atoms with E-state index in [2.05, 4.69) is 6.07 Å². The minimum Gasteiger partial charge on any atom is -0.496 e. The lowest BCUT2D eigenvalue weighted by atomic mass is 10.0. The fourth-order valence-corrected chi connectivity index (χ4v) is 5.07. The molecule has 9 heteroatoms. The van der Waals surface area contributed by atoms with Crippen molar-refractivity contribution in [3.05, 3.63) is 83.4 Å². The average Bonchev–Trinajstić information content (AvgIpc) is 2.87. The van der Waals surface area contributed by atoms with Crippen LogP contribution in [0.4, 0.5) is 8.78 Å². The van der Waals surface area contributed by atoms with Gasteiger partial charge in [-0.2, -0.15) is 0 Å². The number of carbonyl (C=O) groups is 1. The van der Waals surface area contributed by atoms with Crippen LogP contribution in [-0.2, 0) is 28.9 Å². The molecule has 1 unspecified atom stereocenters. The quantitative estimate of drug-likeness (QED) is 0.450. The van der Waals surface area contributed by atoms with Gasteiger partial charge in [-0.05, 0) is 47.7 Å². The van der Waals surface area contributed by atoms with Gasteiger partial charge in [0.15, 0.2) is 11.6 Å². The second kappa shape index (κ2) is 13.0. The molecule has 4 rings (SSSR count). The van der Waals surface area contributed by atoms with E-state index in [1.54, 1.807) is 24.3 Å². The van der Waals surface area contributed by atoms with Crippen LogP contribution in [-0.4, -0.2) is 39.5 Å². The highest BCUT2D eigenvalue weighted by Crippen LogP contribution is 2.33. The van der Waals surface area contributed by atoms with Crippen molar-refractivity contribution < 1.29 is 32.4 Å². The van der Waals surface area contributed by atoms with Gasteiger partial charge in [-0.1, -0.05) is 36.4 Å². The molecule has 1 heterocycles. The first-order chi connectivity index (χ1) is 16.9. The Morgan fingerprint density at radius 1 is 1.03 bits per heavy atom. The Labute approximate surface area is 205 Å². The van der Waals surface area contributed by atoms with E-state index in [0.717, 1.165) is 48.4 Å². The molecular formula is C26H27F2NO5S. The van der Waals surface area contributed by atoms with E-state index in [1.807, 2.05) is 22.5 Å². The first-order valence-corrected chi connectivity index (χ1v) is 12.3. The molecule has 1 atom stereocenters. The van der Waals surface area contributed by atoms with Crippen LogP contribution >= 0.6 is 0 Å². The highest BCUT2D eigenvalue weighted by molar-refractivity contribution is 7.82. The Balaban J connectivity index is 0.00000108. The zero-order chi connectivity index (χ0) is 25.2. The molecule has 35 heavy (non-hydrogen) atoms. The maximum Gasteiger partial charge on any atom is 0.290 e. The van der Waals surface area contributed by atoms with Gasteiger partial charge in [0.25, 0.3) is 6.47 Å². The number of nitrogens with zero attached hydrogens (tertiary/aromatic N) is 1. The molecule has 1 aliphatic rings. The Hall–Kier alpha value is -3.30. The minimum absolute atomic E-state index is 0.250. The molecule has 0 bridgehead atoms. The summed E-state index contributed by atoms with van der Waals surface area (Å²) in [6.07, 6.45) is 2.11. The normalized spacial score (nSPS) is 15.6. The van der Waals surface area contributed by atoms with Crippen LogP contribution in [0.1, 0.15) is 24.0 Å². The largest absolute Gasteiger partial charge is 0.496 e. The average molecular weight is 504 g/mol. The lowest BCUT2D eigenvalue weighted by Gasteiger charge is -2.25. The van der Waals surface area contributed by atoms with Crippen LogP contribution in [0.15, 0.2) is 60.7 Å². The highest BCUT2D eigenvalue weighted by Gasteiger charge is 2.18. The van der Waals surface area contributed by atoms with Crippen molar-refractivity contribution in [1.82, 2.24) is 4.31 Å². The molecule has 0 aliphatic carbocycles. The highest BCUT2D eigenvalue weighted by atomic mass is 32.2. The predicted octanol–water partition coefficient (Wildman–Crippen LogP) is 5.18. The number of hydrogen-bond acceptors (Lipinski definition) is 4. The molecule has 1 saturated heterocycles. The van der Waals surface area contributed by atoms with Crippen molar-refractivity contribution in [2.75, 3.05) is 19.4 Å². The number of hydrogen-bond donors (Lipinski definition) is 1. The first kappa shape index (κ1) is 26.3. The summed E-state index contributed by atoms with van der Waals surface area (Å²) in [6.45, 7) is 1.68. The van der Waals surface area contributed by atoms with Crippen molar-refractivity contribution in [2.24, 2.45) is 0 Å². The van der Waals surface area contributed by atoms with Crippen LogP contribution in [0.25, 0.3) is 11.1 Å². The van der Waals surface area contributed by atoms with E-state index < -0.39 is 22.6 Å². The molecule has 0 radical (unpaired) electrons. The zero-order valence-corrected chi connectivity index (χ0v) is 20.1. The Kier molecular flexibility index (Phi) is 9.75. The third-order valence-electron chi connectivity index (χ3n) is 5.43. The topological polar surface area (TPSA) is 76.1 Å². The third kappa shape index (κ3) is 7.34. The number of halogens is 2. The molecule has 1 N–H and O–H groups in total. The van der Waals surface area contributed by atoms with E-state index in [9.17, 15) is 13.0 Å². The molecule has 6 nitrogen and oxygen atoms in total. The standard InChI is InChI=1S/C25H25F2NO3S.CH2O2/c1-30-25-15-24(27)23(26)14-22(25)20-7-9-21(10-8-20)31-17-19-6-4-5-18(13-19)16-28-11-2-3-12-32(28)29;2-1-3/h4-10,13-15H,2-3,11-12,16-17H2,1H3;1H,(H,2,3). The molecule has 0 amide bonds. The molecule has 0 aromatic heterocycles. The van der Waals surface area contributed by atoms with Crippen molar-refractivity contribution in [1.29, 1.82) is 0 Å². The number of rotatable bonds is 7. The number of methoxy groups -OCH3 is 1. The zero-order valence-electron chi connectivity index (χ0n) is 19.3.